The smallest absolute Gasteiger partial charge is 0.238 e. The van der Waals surface area contributed by atoms with Gasteiger partial charge in [0.05, 0.1) is 4.90 Å². The molecule has 1 aromatic rings. The molecule has 2 N–H and O–H groups in total. The molecule has 1 rings (SSSR count). The van der Waals surface area contributed by atoms with Crippen LogP contribution in [0.5, 0.6) is 5.75 Å². The van der Waals surface area contributed by atoms with Gasteiger partial charge in [-0.15, -0.1) is 0 Å². The van der Waals surface area contributed by atoms with E-state index >= 15 is 0 Å². The highest BCUT2D eigenvalue weighted by Gasteiger charge is 2.17. The zero-order valence-electron chi connectivity index (χ0n) is 11.2. The van der Waals surface area contributed by atoms with Crippen molar-refractivity contribution < 1.29 is 13.2 Å². The highest BCUT2D eigenvalue weighted by Crippen LogP contribution is 2.31. The van der Waals surface area contributed by atoms with Crippen LogP contribution in [0.15, 0.2) is 28.6 Å². The zero-order valence-corrected chi connectivity index (χ0v) is 12.8. The number of halogens is 1. The van der Waals surface area contributed by atoms with E-state index < -0.39 is 10.0 Å². The second-order valence-electron chi connectivity index (χ2n) is 4.53. The fourth-order valence-corrected chi connectivity index (χ4v) is 2.61. The Morgan fingerprint density at radius 2 is 2.05 bits per heavy atom. The monoisotopic (exact) mass is 303 g/mol. The molecule has 106 valence electrons. The number of sulfonamides is 1. The summed E-state index contributed by atoms with van der Waals surface area (Å²) in [6.45, 7) is 5.94. The predicted molar refractivity (Wildman–Crippen MR) is 77.1 cm³/mol. The van der Waals surface area contributed by atoms with Crippen molar-refractivity contribution in [1.29, 1.82) is 0 Å². The molecular weight excluding hydrogens is 286 g/mol. The minimum atomic E-state index is -3.72. The Bertz CT molecular complexity index is 580. The number of aryl methyl sites for hydroxylation is 1. The fourth-order valence-electron chi connectivity index (χ4n) is 1.73. The Morgan fingerprint density at radius 1 is 1.42 bits per heavy atom. The van der Waals surface area contributed by atoms with Gasteiger partial charge in [-0.25, -0.2) is 13.6 Å². The van der Waals surface area contributed by atoms with Crippen LogP contribution in [0.4, 0.5) is 0 Å². The molecule has 0 aliphatic carbocycles. The minimum absolute atomic E-state index is 0.121. The summed E-state index contributed by atoms with van der Waals surface area (Å²) in [6, 6.07) is 3.27. The van der Waals surface area contributed by atoms with Crippen LogP contribution in [0.1, 0.15) is 30.9 Å². The van der Waals surface area contributed by atoms with Crippen molar-refractivity contribution in [3.05, 3.63) is 34.9 Å². The quantitative estimate of drug-likeness (QED) is 0.909. The van der Waals surface area contributed by atoms with Gasteiger partial charge in [-0.3, -0.25) is 0 Å². The molecule has 0 saturated heterocycles. The SMILES string of the molecule is Cc1cc(OC/C=C/Cl)c(C(C)C)cc1S(N)(=O)=O. The lowest BCUT2D eigenvalue weighted by atomic mass is 10.0. The van der Waals surface area contributed by atoms with E-state index in [1.807, 2.05) is 13.8 Å². The molecule has 0 aromatic heterocycles. The van der Waals surface area contributed by atoms with Crippen LogP contribution >= 0.6 is 11.6 Å². The molecule has 0 spiro atoms. The topological polar surface area (TPSA) is 69.4 Å². The molecule has 0 aliphatic rings. The molecule has 0 aliphatic heterocycles. The Kier molecular flexibility index (Phi) is 5.40. The third kappa shape index (κ3) is 4.23. The summed E-state index contributed by atoms with van der Waals surface area (Å²) in [4.78, 5) is 0.136. The van der Waals surface area contributed by atoms with E-state index in [0.717, 1.165) is 5.56 Å². The average molecular weight is 304 g/mol. The van der Waals surface area contributed by atoms with Crippen LogP contribution in [0.2, 0.25) is 0 Å². The minimum Gasteiger partial charge on any atom is -0.489 e. The average Bonchev–Trinajstić information content (AvgIpc) is 2.27. The van der Waals surface area contributed by atoms with E-state index in [9.17, 15) is 8.42 Å². The second kappa shape index (κ2) is 6.41. The first-order chi connectivity index (χ1) is 8.77. The number of hydrogen-bond donors (Lipinski definition) is 1. The fraction of sp³-hybridized carbons (Fsp3) is 0.385. The van der Waals surface area contributed by atoms with Crippen molar-refractivity contribution in [3.8, 4) is 5.75 Å². The molecule has 1 aromatic carbocycles. The van der Waals surface area contributed by atoms with Gasteiger partial charge < -0.3 is 4.74 Å². The van der Waals surface area contributed by atoms with Crippen LogP contribution in [-0.2, 0) is 10.0 Å². The number of nitrogens with two attached hydrogens (primary N) is 1. The van der Waals surface area contributed by atoms with Gasteiger partial charge in [0.2, 0.25) is 10.0 Å². The normalized spacial score (nSPS) is 12.3. The van der Waals surface area contributed by atoms with E-state index in [4.69, 9.17) is 21.5 Å². The van der Waals surface area contributed by atoms with Gasteiger partial charge in [0.25, 0.3) is 0 Å². The number of ether oxygens (including phenoxy) is 1. The molecule has 0 unspecified atom stereocenters. The summed E-state index contributed by atoms with van der Waals surface area (Å²) in [6.07, 6.45) is 1.66. The van der Waals surface area contributed by atoms with E-state index in [1.165, 1.54) is 5.54 Å². The molecule has 0 radical (unpaired) electrons. The molecule has 0 amide bonds. The molecule has 6 heteroatoms. The maximum absolute atomic E-state index is 11.5. The summed E-state index contributed by atoms with van der Waals surface area (Å²) < 4.78 is 28.6. The molecule has 0 fully saturated rings. The molecule has 0 heterocycles. The van der Waals surface area contributed by atoms with Gasteiger partial charge in [-0.2, -0.15) is 0 Å². The Balaban J connectivity index is 3.29. The lowest BCUT2D eigenvalue weighted by Gasteiger charge is -2.16. The van der Waals surface area contributed by atoms with E-state index in [2.05, 4.69) is 0 Å². The first-order valence-corrected chi connectivity index (χ1v) is 7.81. The van der Waals surface area contributed by atoms with Crippen LogP contribution in [-0.4, -0.2) is 15.0 Å². The van der Waals surface area contributed by atoms with Gasteiger partial charge in [-0.1, -0.05) is 25.4 Å². The van der Waals surface area contributed by atoms with Crippen molar-refractivity contribution >= 4 is 21.6 Å². The Morgan fingerprint density at radius 3 is 2.53 bits per heavy atom. The number of rotatable bonds is 5. The lowest BCUT2D eigenvalue weighted by molar-refractivity contribution is 0.356. The van der Waals surface area contributed by atoms with Crippen LogP contribution in [0.25, 0.3) is 0 Å². The Labute approximate surface area is 119 Å². The zero-order chi connectivity index (χ0) is 14.6. The van der Waals surface area contributed by atoms with Gasteiger partial charge in [0, 0.05) is 5.54 Å². The molecule has 19 heavy (non-hydrogen) atoms. The molecule has 4 nitrogen and oxygen atoms in total. The van der Waals surface area contributed by atoms with Crippen molar-refractivity contribution in [2.45, 2.75) is 31.6 Å². The standard InChI is InChI=1S/C13H18ClNO3S/c1-9(2)11-8-13(19(15,16)17)10(3)7-12(11)18-6-4-5-14/h4-5,7-9H,6H2,1-3H3,(H2,15,16,17)/b5-4+. The summed E-state index contributed by atoms with van der Waals surface area (Å²) in [5.74, 6) is 0.769. The van der Waals surface area contributed by atoms with E-state index in [1.54, 1.807) is 25.1 Å². The van der Waals surface area contributed by atoms with E-state index in [0.29, 0.717) is 17.9 Å². The van der Waals surface area contributed by atoms with Crippen molar-refractivity contribution in [1.82, 2.24) is 0 Å². The third-order valence-corrected chi connectivity index (χ3v) is 3.89. The lowest BCUT2D eigenvalue weighted by Crippen LogP contribution is -2.15. The van der Waals surface area contributed by atoms with E-state index in [-0.39, 0.29) is 10.8 Å². The van der Waals surface area contributed by atoms with Gasteiger partial charge >= 0.3 is 0 Å². The number of primary sulfonamides is 1. The molecule has 0 bridgehead atoms. The summed E-state index contributed by atoms with van der Waals surface area (Å²) in [5.41, 5.74) is 2.75. The predicted octanol–water partition coefficient (Wildman–Crippen LogP) is 2.90. The number of benzene rings is 1. The molecule has 0 saturated carbocycles. The highest BCUT2D eigenvalue weighted by molar-refractivity contribution is 7.89. The van der Waals surface area contributed by atoms with Crippen molar-refractivity contribution in [2.24, 2.45) is 5.14 Å². The largest absolute Gasteiger partial charge is 0.489 e. The second-order valence-corrected chi connectivity index (χ2v) is 6.31. The maximum Gasteiger partial charge on any atom is 0.238 e. The van der Waals surface area contributed by atoms with Gasteiger partial charge in [0.1, 0.15) is 12.4 Å². The Hall–Kier alpha value is -1.04. The maximum atomic E-state index is 11.5. The molecule has 0 atom stereocenters. The van der Waals surface area contributed by atoms with Crippen LogP contribution in [0, 0.1) is 6.92 Å². The van der Waals surface area contributed by atoms with Crippen molar-refractivity contribution in [3.63, 3.8) is 0 Å². The van der Waals surface area contributed by atoms with Gasteiger partial charge in [-0.05, 0) is 42.2 Å². The first kappa shape index (κ1) is 16.0. The first-order valence-electron chi connectivity index (χ1n) is 5.82. The number of hydrogen-bond acceptors (Lipinski definition) is 3. The van der Waals surface area contributed by atoms with Crippen LogP contribution in [0.3, 0.4) is 0 Å². The van der Waals surface area contributed by atoms with Gasteiger partial charge in [0.15, 0.2) is 0 Å². The summed E-state index contributed by atoms with van der Waals surface area (Å²) in [5, 5.41) is 5.20. The van der Waals surface area contributed by atoms with Crippen LogP contribution < -0.4 is 9.88 Å². The summed E-state index contributed by atoms with van der Waals surface area (Å²) >= 11 is 5.43. The third-order valence-electron chi connectivity index (χ3n) is 2.66. The van der Waals surface area contributed by atoms with Crippen molar-refractivity contribution in [2.75, 3.05) is 6.61 Å². The highest BCUT2D eigenvalue weighted by atomic mass is 35.5. The summed E-state index contributed by atoms with van der Waals surface area (Å²) in [7, 11) is -3.72. The molecular formula is C13H18ClNO3S.